The zero-order chi connectivity index (χ0) is 8.55. The smallest absolute Gasteiger partial charge is 0.0465 e. The molecule has 0 spiro atoms. The highest BCUT2D eigenvalue weighted by molar-refractivity contribution is 6.30. The van der Waals surface area contributed by atoms with Gasteiger partial charge in [-0.05, 0) is 36.0 Å². The first-order valence-electron chi connectivity index (χ1n) is 4.17. The zero-order valence-corrected chi connectivity index (χ0v) is 7.46. The van der Waals surface area contributed by atoms with Gasteiger partial charge in [-0.25, -0.2) is 0 Å². The van der Waals surface area contributed by atoms with Crippen LogP contribution in [0.15, 0.2) is 24.3 Å². The van der Waals surface area contributed by atoms with Gasteiger partial charge < -0.3 is 5.11 Å². The van der Waals surface area contributed by atoms with Crippen molar-refractivity contribution in [1.29, 1.82) is 0 Å². The second-order valence-electron chi connectivity index (χ2n) is 3.34. The third-order valence-corrected chi connectivity index (χ3v) is 2.71. The highest BCUT2D eigenvalue weighted by atomic mass is 35.5. The molecule has 1 saturated carbocycles. The van der Waals surface area contributed by atoms with E-state index in [9.17, 15) is 0 Å². The third kappa shape index (κ3) is 1.47. The second-order valence-corrected chi connectivity index (χ2v) is 3.77. The third-order valence-electron chi connectivity index (χ3n) is 2.46. The maximum atomic E-state index is 8.87. The predicted molar refractivity (Wildman–Crippen MR) is 49.4 cm³/mol. The second kappa shape index (κ2) is 3.08. The normalized spacial score (nSPS) is 27.2. The Morgan fingerprint density at radius 3 is 2.50 bits per heavy atom. The van der Waals surface area contributed by atoms with Gasteiger partial charge in [0.2, 0.25) is 0 Å². The Hall–Kier alpha value is -0.530. The Kier molecular flexibility index (Phi) is 2.07. The molecular weight excluding hydrogens is 172 g/mol. The summed E-state index contributed by atoms with van der Waals surface area (Å²) in [5.41, 5.74) is 1.30. The predicted octanol–water partition coefficient (Wildman–Crippen LogP) is 2.44. The van der Waals surface area contributed by atoms with Gasteiger partial charge in [0, 0.05) is 11.6 Å². The summed E-state index contributed by atoms with van der Waals surface area (Å²) in [6, 6.07) is 7.90. The van der Waals surface area contributed by atoms with Gasteiger partial charge in [-0.1, -0.05) is 23.7 Å². The van der Waals surface area contributed by atoms with E-state index >= 15 is 0 Å². The summed E-state index contributed by atoms with van der Waals surface area (Å²) in [7, 11) is 0. The van der Waals surface area contributed by atoms with Crippen molar-refractivity contribution >= 4 is 11.6 Å². The fourth-order valence-corrected chi connectivity index (χ4v) is 1.69. The maximum Gasteiger partial charge on any atom is 0.0465 e. The van der Waals surface area contributed by atoms with Crippen molar-refractivity contribution < 1.29 is 5.11 Å². The molecule has 2 rings (SSSR count). The molecule has 1 fully saturated rings. The topological polar surface area (TPSA) is 20.2 Å². The quantitative estimate of drug-likeness (QED) is 0.745. The first kappa shape index (κ1) is 8.09. The molecule has 0 saturated heterocycles. The van der Waals surface area contributed by atoms with Crippen LogP contribution in [-0.4, -0.2) is 11.7 Å². The van der Waals surface area contributed by atoms with Crippen LogP contribution in [0.3, 0.4) is 0 Å². The number of rotatable bonds is 2. The molecular formula is C10H11ClO. The molecule has 1 nitrogen and oxygen atoms in total. The average molecular weight is 183 g/mol. The van der Waals surface area contributed by atoms with Crippen LogP contribution in [0, 0.1) is 5.92 Å². The summed E-state index contributed by atoms with van der Waals surface area (Å²) in [4.78, 5) is 0. The Balaban J connectivity index is 2.10. The van der Waals surface area contributed by atoms with Crippen molar-refractivity contribution in [2.45, 2.75) is 12.3 Å². The van der Waals surface area contributed by atoms with Crippen LogP contribution in [0.1, 0.15) is 17.9 Å². The minimum atomic E-state index is 0.313. The van der Waals surface area contributed by atoms with Gasteiger partial charge in [-0.15, -0.1) is 0 Å². The van der Waals surface area contributed by atoms with E-state index in [4.69, 9.17) is 16.7 Å². The van der Waals surface area contributed by atoms with Gasteiger partial charge in [-0.2, -0.15) is 0 Å². The highest BCUT2D eigenvalue weighted by Gasteiger charge is 2.37. The summed E-state index contributed by atoms with van der Waals surface area (Å²) >= 11 is 5.76. The van der Waals surface area contributed by atoms with Crippen molar-refractivity contribution in [1.82, 2.24) is 0 Å². The molecule has 0 radical (unpaired) electrons. The number of hydrogen-bond donors (Lipinski definition) is 1. The highest BCUT2D eigenvalue weighted by Crippen LogP contribution is 2.46. The van der Waals surface area contributed by atoms with E-state index in [1.807, 2.05) is 24.3 Å². The van der Waals surface area contributed by atoms with Gasteiger partial charge >= 0.3 is 0 Å². The Labute approximate surface area is 77.0 Å². The lowest BCUT2D eigenvalue weighted by molar-refractivity contribution is 0.274. The first-order valence-corrected chi connectivity index (χ1v) is 4.55. The van der Waals surface area contributed by atoms with E-state index in [2.05, 4.69) is 0 Å². The maximum absolute atomic E-state index is 8.87. The van der Waals surface area contributed by atoms with Crippen LogP contribution in [0.5, 0.6) is 0 Å². The molecule has 1 aliphatic rings. The molecule has 0 heterocycles. The lowest BCUT2D eigenvalue weighted by Crippen LogP contribution is -1.87. The lowest BCUT2D eigenvalue weighted by Gasteiger charge is -1.97. The van der Waals surface area contributed by atoms with Gasteiger partial charge in [0.25, 0.3) is 0 Å². The van der Waals surface area contributed by atoms with Crippen molar-refractivity contribution in [2.75, 3.05) is 6.61 Å². The Morgan fingerprint density at radius 2 is 2.00 bits per heavy atom. The van der Waals surface area contributed by atoms with Crippen molar-refractivity contribution in [3.8, 4) is 0 Å². The van der Waals surface area contributed by atoms with Crippen LogP contribution in [0.4, 0.5) is 0 Å². The molecule has 64 valence electrons. The average Bonchev–Trinajstić information content (AvgIpc) is 2.85. The molecule has 2 heteroatoms. The van der Waals surface area contributed by atoms with Crippen LogP contribution in [-0.2, 0) is 0 Å². The van der Waals surface area contributed by atoms with Gasteiger partial charge in [-0.3, -0.25) is 0 Å². The van der Waals surface area contributed by atoms with E-state index in [1.54, 1.807) is 0 Å². The van der Waals surface area contributed by atoms with E-state index < -0.39 is 0 Å². The summed E-state index contributed by atoms with van der Waals surface area (Å²) in [5, 5.41) is 9.64. The molecule has 0 aliphatic heterocycles. The summed E-state index contributed by atoms with van der Waals surface area (Å²) in [5.74, 6) is 1.07. The summed E-state index contributed by atoms with van der Waals surface area (Å²) in [6.45, 7) is 0.313. The molecule has 12 heavy (non-hydrogen) atoms. The number of halogens is 1. The van der Waals surface area contributed by atoms with Crippen LogP contribution in [0.25, 0.3) is 0 Å². The number of aliphatic hydroxyl groups excluding tert-OH is 1. The zero-order valence-electron chi connectivity index (χ0n) is 6.70. The summed E-state index contributed by atoms with van der Waals surface area (Å²) < 4.78 is 0. The molecule has 1 aromatic carbocycles. The van der Waals surface area contributed by atoms with Gasteiger partial charge in [0.15, 0.2) is 0 Å². The molecule has 2 atom stereocenters. The van der Waals surface area contributed by atoms with Crippen LogP contribution >= 0.6 is 11.6 Å². The SMILES string of the molecule is OC[C@H]1C[C@@H]1c1ccc(Cl)cc1. The molecule has 0 aromatic heterocycles. The number of aliphatic hydroxyl groups is 1. The van der Waals surface area contributed by atoms with Crippen LogP contribution in [0.2, 0.25) is 5.02 Å². The van der Waals surface area contributed by atoms with Crippen molar-refractivity contribution in [3.63, 3.8) is 0 Å². The standard InChI is InChI=1S/C10H11ClO/c11-9-3-1-7(2-4-9)10-5-8(10)6-12/h1-4,8,10,12H,5-6H2/t8-,10-/m1/s1. The monoisotopic (exact) mass is 182 g/mol. The number of benzene rings is 1. The summed E-state index contributed by atoms with van der Waals surface area (Å²) in [6.07, 6.45) is 1.12. The lowest BCUT2D eigenvalue weighted by atomic mass is 10.1. The minimum absolute atomic E-state index is 0.313. The molecule has 1 N–H and O–H groups in total. The van der Waals surface area contributed by atoms with Crippen LogP contribution < -0.4 is 0 Å². The van der Waals surface area contributed by atoms with E-state index in [1.165, 1.54) is 5.56 Å². The van der Waals surface area contributed by atoms with E-state index in [0.29, 0.717) is 18.4 Å². The molecule has 0 bridgehead atoms. The van der Waals surface area contributed by atoms with Gasteiger partial charge in [0.05, 0.1) is 0 Å². The van der Waals surface area contributed by atoms with Crippen molar-refractivity contribution in [2.24, 2.45) is 5.92 Å². The molecule has 0 amide bonds. The molecule has 1 aliphatic carbocycles. The minimum Gasteiger partial charge on any atom is -0.396 e. The van der Waals surface area contributed by atoms with Gasteiger partial charge in [0.1, 0.15) is 0 Å². The Bertz CT molecular complexity index is 268. The van der Waals surface area contributed by atoms with E-state index in [-0.39, 0.29) is 0 Å². The number of hydrogen-bond acceptors (Lipinski definition) is 1. The molecule has 1 aromatic rings. The van der Waals surface area contributed by atoms with Crippen molar-refractivity contribution in [3.05, 3.63) is 34.9 Å². The van der Waals surface area contributed by atoms with E-state index in [0.717, 1.165) is 11.4 Å². The fraction of sp³-hybridized carbons (Fsp3) is 0.400. The first-order chi connectivity index (χ1) is 5.81. The fourth-order valence-electron chi connectivity index (χ4n) is 1.57. The molecule has 0 unspecified atom stereocenters. The largest absolute Gasteiger partial charge is 0.396 e. The Morgan fingerprint density at radius 1 is 1.33 bits per heavy atom.